The molecule has 84 valence electrons. The summed E-state index contributed by atoms with van der Waals surface area (Å²) in [6, 6.07) is 0. The molecule has 0 spiro atoms. The maximum atomic E-state index is 9.92. The van der Waals surface area contributed by atoms with Gasteiger partial charge in [0, 0.05) is 6.54 Å². The van der Waals surface area contributed by atoms with Crippen molar-refractivity contribution in [1.82, 2.24) is 5.32 Å². The minimum absolute atomic E-state index is 0.117. The molecule has 0 bridgehead atoms. The van der Waals surface area contributed by atoms with Gasteiger partial charge in [0.25, 0.3) is 0 Å². The van der Waals surface area contributed by atoms with E-state index >= 15 is 0 Å². The monoisotopic (exact) mass is 199 g/mol. The number of aliphatic hydroxyl groups excluding tert-OH is 1. The van der Waals surface area contributed by atoms with Crippen molar-refractivity contribution in [2.24, 2.45) is 11.8 Å². The highest BCUT2D eigenvalue weighted by Gasteiger charge is 2.23. The predicted octanol–water partition coefficient (Wildman–Crippen LogP) is 2.17. The first-order chi connectivity index (χ1) is 6.74. The lowest BCUT2D eigenvalue weighted by Gasteiger charge is -2.29. The standard InChI is InChI=1S/C12H25NO/c1-3-8-13-9-12(14)11-6-4-10(2)5-7-11/h10-14H,3-9H2,1-2H3. The quantitative estimate of drug-likeness (QED) is 0.665. The fourth-order valence-corrected chi connectivity index (χ4v) is 2.26. The summed E-state index contributed by atoms with van der Waals surface area (Å²) in [4.78, 5) is 0. The van der Waals surface area contributed by atoms with Crippen molar-refractivity contribution < 1.29 is 5.11 Å². The van der Waals surface area contributed by atoms with E-state index in [2.05, 4.69) is 19.2 Å². The summed E-state index contributed by atoms with van der Waals surface area (Å²) in [7, 11) is 0. The third-order valence-corrected chi connectivity index (χ3v) is 3.38. The first-order valence-corrected chi connectivity index (χ1v) is 6.12. The molecular formula is C12H25NO. The van der Waals surface area contributed by atoms with Crippen LogP contribution < -0.4 is 5.32 Å². The molecule has 1 saturated carbocycles. The van der Waals surface area contributed by atoms with Crippen LogP contribution in [0.1, 0.15) is 46.0 Å². The predicted molar refractivity (Wildman–Crippen MR) is 60.3 cm³/mol. The van der Waals surface area contributed by atoms with Crippen molar-refractivity contribution in [2.75, 3.05) is 13.1 Å². The molecular weight excluding hydrogens is 174 g/mol. The van der Waals surface area contributed by atoms with Gasteiger partial charge < -0.3 is 10.4 Å². The van der Waals surface area contributed by atoms with E-state index in [1.807, 2.05) is 0 Å². The first kappa shape index (κ1) is 12.0. The molecule has 0 aromatic heterocycles. The van der Waals surface area contributed by atoms with Crippen LogP contribution in [0.5, 0.6) is 0 Å². The van der Waals surface area contributed by atoms with Crippen LogP contribution in [0.3, 0.4) is 0 Å². The zero-order valence-electron chi connectivity index (χ0n) is 9.63. The van der Waals surface area contributed by atoms with Crippen molar-refractivity contribution >= 4 is 0 Å². The number of rotatable bonds is 5. The van der Waals surface area contributed by atoms with Gasteiger partial charge in [-0.15, -0.1) is 0 Å². The minimum atomic E-state index is -0.117. The molecule has 0 saturated heterocycles. The number of aliphatic hydroxyl groups is 1. The zero-order valence-corrected chi connectivity index (χ0v) is 9.63. The molecule has 1 unspecified atom stereocenters. The van der Waals surface area contributed by atoms with Crippen LogP contribution in [0.4, 0.5) is 0 Å². The van der Waals surface area contributed by atoms with Gasteiger partial charge in [-0.2, -0.15) is 0 Å². The molecule has 0 heterocycles. The normalized spacial score (nSPS) is 30.2. The van der Waals surface area contributed by atoms with E-state index in [4.69, 9.17) is 0 Å². The Kier molecular flexibility index (Phi) is 5.49. The van der Waals surface area contributed by atoms with Crippen LogP contribution in [0.25, 0.3) is 0 Å². The SMILES string of the molecule is CCCNCC(O)C1CCC(C)CC1. The van der Waals surface area contributed by atoms with Gasteiger partial charge in [-0.1, -0.05) is 26.7 Å². The van der Waals surface area contributed by atoms with E-state index in [-0.39, 0.29) is 6.10 Å². The Bertz CT molecular complexity index is 141. The van der Waals surface area contributed by atoms with Crippen molar-refractivity contribution in [1.29, 1.82) is 0 Å². The molecule has 0 amide bonds. The molecule has 14 heavy (non-hydrogen) atoms. The van der Waals surface area contributed by atoms with Crippen molar-refractivity contribution in [2.45, 2.75) is 52.1 Å². The molecule has 0 aromatic rings. The Labute approximate surface area is 88.1 Å². The van der Waals surface area contributed by atoms with Gasteiger partial charge in [-0.25, -0.2) is 0 Å². The maximum Gasteiger partial charge on any atom is 0.0692 e. The first-order valence-electron chi connectivity index (χ1n) is 6.12. The smallest absolute Gasteiger partial charge is 0.0692 e. The van der Waals surface area contributed by atoms with Crippen LogP contribution >= 0.6 is 0 Å². The summed E-state index contributed by atoms with van der Waals surface area (Å²) in [5, 5.41) is 13.2. The average Bonchev–Trinajstić information content (AvgIpc) is 2.19. The summed E-state index contributed by atoms with van der Waals surface area (Å²) in [6.45, 7) is 6.28. The summed E-state index contributed by atoms with van der Waals surface area (Å²) in [6.07, 6.45) is 6.07. The van der Waals surface area contributed by atoms with Crippen LogP contribution in [0.15, 0.2) is 0 Å². The van der Waals surface area contributed by atoms with Crippen molar-refractivity contribution in [3.8, 4) is 0 Å². The Morgan fingerprint density at radius 3 is 2.50 bits per heavy atom. The summed E-state index contributed by atoms with van der Waals surface area (Å²) in [5.74, 6) is 1.43. The van der Waals surface area contributed by atoms with Gasteiger partial charge in [-0.05, 0) is 37.6 Å². The number of nitrogens with one attached hydrogen (secondary N) is 1. The minimum Gasteiger partial charge on any atom is -0.392 e. The lowest BCUT2D eigenvalue weighted by atomic mass is 9.80. The maximum absolute atomic E-state index is 9.92. The molecule has 1 aliphatic rings. The molecule has 0 radical (unpaired) electrons. The summed E-state index contributed by atoms with van der Waals surface area (Å²) >= 11 is 0. The molecule has 2 nitrogen and oxygen atoms in total. The molecule has 1 fully saturated rings. The summed E-state index contributed by atoms with van der Waals surface area (Å²) < 4.78 is 0. The Balaban J connectivity index is 2.13. The van der Waals surface area contributed by atoms with Crippen LogP contribution in [-0.2, 0) is 0 Å². The van der Waals surface area contributed by atoms with Crippen LogP contribution in [0, 0.1) is 11.8 Å². The van der Waals surface area contributed by atoms with E-state index in [1.54, 1.807) is 0 Å². The third-order valence-electron chi connectivity index (χ3n) is 3.38. The largest absolute Gasteiger partial charge is 0.392 e. The number of hydrogen-bond acceptors (Lipinski definition) is 2. The third kappa shape index (κ3) is 3.97. The van der Waals surface area contributed by atoms with Crippen molar-refractivity contribution in [3.05, 3.63) is 0 Å². The molecule has 2 N–H and O–H groups in total. The highest BCUT2D eigenvalue weighted by atomic mass is 16.3. The van der Waals surface area contributed by atoms with E-state index in [0.717, 1.165) is 25.4 Å². The van der Waals surface area contributed by atoms with Gasteiger partial charge in [-0.3, -0.25) is 0 Å². The fourth-order valence-electron chi connectivity index (χ4n) is 2.26. The van der Waals surface area contributed by atoms with E-state index in [9.17, 15) is 5.11 Å². The van der Waals surface area contributed by atoms with Gasteiger partial charge >= 0.3 is 0 Å². The lowest BCUT2D eigenvalue weighted by Crippen LogP contribution is -2.35. The lowest BCUT2D eigenvalue weighted by molar-refractivity contribution is 0.0755. The second-order valence-corrected chi connectivity index (χ2v) is 4.79. The second kappa shape index (κ2) is 6.41. The molecule has 1 rings (SSSR count). The number of hydrogen-bond donors (Lipinski definition) is 2. The van der Waals surface area contributed by atoms with E-state index in [1.165, 1.54) is 25.7 Å². The molecule has 1 aliphatic carbocycles. The van der Waals surface area contributed by atoms with Gasteiger partial charge in [0.05, 0.1) is 6.10 Å². The highest BCUT2D eigenvalue weighted by Crippen LogP contribution is 2.30. The molecule has 1 atom stereocenters. The van der Waals surface area contributed by atoms with Crippen molar-refractivity contribution in [3.63, 3.8) is 0 Å². The van der Waals surface area contributed by atoms with E-state index < -0.39 is 0 Å². The van der Waals surface area contributed by atoms with Gasteiger partial charge in [0.1, 0.15) is 0 Å². The Morgan fingerprint density at radius 2 is 1.93 bits per heavy atom. The topological polar surface area (TPSA) is 32.3 Å². The second-order valence-electron chi connectivity index (χ2n) is 4.79. The highest BCUT2D eigenvalue weighted by molar-refractivity contribution is 4.77. The van der Waals surface area contributed by atoms with Gasteiger partial charge in [0.15, 0.2) is 0 Å². The Morgan fingerprint density at radius 1 is 1.29 bits per heavy atom. The van der Waals surface area contributed by atoms with Gasteiger partial charge in [0.2, 0.25) is 0 Å². The molecule has 0 aliphatic heterocycles. The molecule has 2 heteroatoms. The average molecular weight is 199 g/mol. The fraction of sp³-hybridized carbons (Fsp3) is 1.00. The molecule has 0 aromatic carbocycles. The van der Waals surface area contributed by atoms with Crippen LogP contribution in [-0.4, -0.2) is 24.3 Å². The zero-order chi connectivity index (χ0) is 10.4. The van der Waals surface area contributed by atoms with Crippen LogP contribution in [0.2, 0.25) is 0 Å². The Hall–Kier alpha value is -0.0800. The van der Waals surface area contributed by atoms with E-state index in [0.29, 0.717) is 5.92 Å². The summed E-state index contributed by atoms with van der Waals surface area (Å²) in [5.41, 5.74) is 0.